The largest absolute Gasteiger partial charge is 0.462 e. The number of esters is 1. The zero-order valence-electron chi connectivity index (χ0n) is 10.9. The minimum Gasteiger partial charge on any atom is -0.462 e. The Bertz CT molecular complexity index is 668. The molecule has 0 spiro atoms. The van der Waals surface area contributed by atoms with Gasteiger partial charge in [-0.05, 0) is 25.1 Å². The third-order valence-electron chi connectivity index (χ3n) is 2.33. The molecule has 0 unspecified atom stereocenters. The number of rotatable bonds is 4. The number of hydrogen-bond donors (Lipinski definition) is 1. The second-order valence-corrected chi connectivity index (χ2v) is 5.77. The minimum atomic E-state index is -0.471. The lowest BCUT2D eigenvalue weighted by Gasteiger charge is -2.03. The highest BCUT2D eigenvalue weighted by Gasteiger charge is 2.14. The Hall–Kier alpha value is -1.63. The van der Waals surface area contributed by atoms with Gasteiger partial charge in [-0.3, -0.25) is 10.1 Å². The van der Waals surface area contributed by atoms with Crippen molar-refractivity contribution in [3.63, 3.8) is 0 Å². The summed E-state index contributed by atoms with van der Waals surface area (Å²) < 4.78 is 4.85. The van der Waals surface area contributed by atoms with Crippen molar-refractivity contribution in [2.24, 2.45) is 0 Å². The Morgan fingerprint density at radius 2 is 1.95 bits per heavy atom. The maximum Gasteiger partial charge on any atom is 0.350 e. The van der Waals surface area contributed by atoms with Crippen molar-refractivity contribution in [1.29, 1.82) is 0 Å². The molecule has 0 radical (unpaired) electrons. The van der Waals surface area contributed by atoms with Crippen molar-refractivity contribution >= 4 is 51.5 Å². The third kappa shape index (κ3) is 4.17. The van der Waals surface area contributed by atoms with E-state index in [1.807, 2.05) is 0 Å². The smallest absolute Gasteiger partial charge is 0.350 e. The number of aromatic nitrogens is 1. The Morgan fingerprint density at radius 1 is 1.29 bits per heavy atom. The minimum absolute atomic E-state index is 0.277. The number of amides is 1. The maximum absolute atomic E-state index is 12.0. The third-order valence-corrected chi connectivity index (χ3v) is 3.66. The lowest BCUT2D eigenvalue weighted by molar-refractivity contribution is 0.0531. The van der Waals surface area contributed by atoms with Gasteiger partial charge in [-0.15, -0.1) is 0 Å². The first-order valence-electron chi connectivity index (χ1n) is 5.90. The Morgan fingerprint density at radius 3 is 2.57 bits per heavy atom. The average Bonchev–Trinajstić information content (AvgIpc) is 2.86. The molecular weight excluding hydrogens is 335 g/mol. The van der Waals surface area contributed by atoms with Crippen molar-refractivity contribution in [3.8, 4) is 0 Å². The van der Waals surface area contributed by atoms with Crippen LogP contribution in [0.25, 0.3) is 0 Å². The lowest BCUT2D eigenvalue weighted by Crippen LogP contribution is -2.11. The summed E-state index contributed by atoms with van der Waals surface area (Å²) in [4.78, 5) is 27.8. The highest BCUT2D eigenvalue weighted by atomic mass is 35.5. The number of halogens is 2. The normalized spacial score (nSPS) is 10.2. The first-order chi connectivity index (χ1) is 9.99. The van der Waals surface area contributed by atoms with E-state index in [0.29, 0.717) is 25.6 Å². The fourth-order valence-electron chi connectivity index (χ4n) is 1.48. The average molecular weight is 345 g/mol. The molecule has 0 aliphatic carbocycles. The molecule has 0 saturated carbocycles. The fourth-order valence-corrected chi connectivity index (χ4v) is 2.71. The van der Waals surface area contributed by atoms with Gasteiger partial charge in [-0.2, -0.15) is 0 Å². The maximum atomic E-state index is 12.0. The van der Waals surface area contributed by atoms with Gasteiger partial charge in [0.25, 0.3) is 5.91 Å². The summed E-state index contributed by atoms with van der Waals surface area (Å²) in [5.74, 6) is -0.884. The van der Waals surface area contributed by atoms with Gasteiger partial charge < -0.3 is 4.74 Å². The Labute approximate surface area is 134 Å². The van der Waals surface area contributed by atoms with Crippen LogP contribution in [0.4, 0.5) is 5.13 Å². The van der Waals surface area contributed by atoms with Crippen molar-refractivity contribution in [2.75, 3.05) is 11.9 Å². The van der Waals surface area contributed by atoms with Crippen LogP contribution >= 0.6 is 34.5 Å². The zero-order valence-corrected chi connectivity index (χ0v) is 13.2. The van der Waals surface area contributed by atoms with Crippen molar-refractivity contribution < 1.29 is 14.3 Å². The molecule has 2 aromatic rings. The number of nitrogens with one attached hydrogen (secondary N) is 1. The van der Waals surface area contributed by atoms with Crippen LogP contribution < -0.4 is 5.32 Å². The van der Waals surface area contributed by atoms with Crippen molar-refractivity contribution in [1.82, 2.24) is 4.98 Å². The number of hydrogen-bond acceptors (Lipinski definition) is 5. The molecule has 8 heteroatoms. The molecule has 1 aromatic carbocycles. The van der Waals surface area contributed by atoms with Gasteiger partial charge in [-0.1, -0.05) is 34.5 Å². The standard InChI is InChI=1S/C13H10Cl2N2O3S/c1-2-20-12(19)10-6-16-13(21-10)17-11(18)7-3-8(14)5-9(15)4-7/h3-6H,2H2,1H3,(H,16,17,18). The van der Waals surface area contributed by atoms with Gasteiger partial charge in [0.1, 0.15) is 4.88 Å². The van der Waals surface area contributed by atoms with Crippen LogP contribution in [-0.4, -0.2) is 23.5 Å². The van der Waals surface area contributed by atoms with E-state index in [2.05, 4.69) is 10.3 Å². The number of carbonyl (C=O) groups is 2. The molecule has 1 N–H and O–H groups in total. The first kappa shape index (κ1) is 15.8. The van der Waals surface area contributed by atoms with Gasteiger partial charge in [0, 0.05) is 15.6 Å². The number of nitrogens with zero attached hydrogens (tertiary/aromatic N) is 1. The van der Waals surface area contributed by atoms with Crippen LogP contribution in [0.2, 0.25) is 10.0 Å². The fraction of sp³-hybridized carbons (Fsp3) is 0.154. The van der Waals surface area contributed by atoms with E-state index >= 15 is 0 Å². The number of thiazole rings is 1. The summed E-state index contributed by atoms with van der Waals surface area (Å²) in [5.41, 5.74) is 0.306. The van der Waals surface area contributed by atoms with Gasteiger partial charge in [-0.25, -0.2) is 9.78 Å². The van der Waals surface area contributed by atoms with Crippen LogP contribution in [0.5, 0.6) is 0 Å². The monoisotopic (exact) mass is 344 g/mol. The predicted molar refractivity (Wildman–Crippen MR) is 82.5 cm³/mol. The molecule has 0 atom stereocenters. The van der Waals surface area contributed by atoms with E-state index in [9.17, 15) is 9.59 Å². The second kappa shape index (κ2) is 6.89. The summed E-state index contributed by atoms with van der Waals surface area (Å²) in [6, 6.07) is 4.51. The quantitative estimate of drug-likeness (QED) is 0.854. The highest BCUT2D eigenvalue weighted by molar-refractivity contribution is 7.17. The summed E-state index contributed by atoms with van der Waals surface area (Å²) in [5, 5.41) is 3.58. The molecule has 5 nitrogen and oxygen atoms in total. The molecule has 1 heterocycles. The van der Waals surface area contributed by atoms with E-state index in [1.165, 1.54) is 24.4 Å². The molecule has 0 aliphatic rings. The van der Waals surface area contributed by atoms with E-state index in [-0.39, 0.29) is 6.61 Å². The summed E-state index contributed by atoms with van der Waals surface area (Å²) in [6.45, 7) is 1.99. The molecule has 110 valence electrons. The molecule has 0 bridgehead atoms. The molecule has 0 saturated heterocycles. The van der Waals surface area contributed by atoms with Crippen LogP contribution in [0.1, 0.15) is 27.0 Å². The molecule has 1 aromatic heterocycles. The second-order valence-electron chi connectivity index (χ2n) is 3.86. The van der Waals surface area contributed by atoms with Crippen molar-refractivity contribution in [3.05, 3.63) is 44.9 Å². The molecular formula is C13H10Cl2N2O3S. The van der Waals surface area contributed by atoms with E-state index in [4.69, 9.17) is 27.9 Å². The molecule has 21 heavy (non-hydrogen) atoms. The first-order valence-corrected chi connectivity index (χ1v) is 7.47. The number of ether oxygens (including phenoxy) is 1. The van der Waals surface area contributed by atoms with Gasteiger partial charge >= 0.3 is 5.97 Å². The van der Waals surface area contributed by atoms with Crippen molar-refractivity contribution in [2.45, 2.75) is 6.92 Å². The van der Waals surface area contributed by atoms with Crippen LogP contribution in [0, 0.1) is 0 Å². The lowest BCUT2D eigenvalue weighted by atomic mass is 10.2. The van der Waals surface area contributed by atoms with E-state index in [1.54, 1.807) is 6.92 Å². The summed E-state index contributed by atoms with van der Waals surface area (Å²) in [6.07, 6.45) is 1.35. The predicted octanol–water partition coefficient (Wildman–Crippen LogP) is 3.88. The zero-order chi connectivity index (χ0) is 15.4. The van der Waals surface area contributed by atoms with Crippen LogP contribution in [0.3, 0.4) is 0 Å². The number of anilines is 1. The molecule has 1 amide bonds. The molecule has 2 rings (SSSR count). The topological polar surface area (TPSA) is 68.3 Å². The van der Waals surface area contributed by atoms with E-state index < -0.39 is 11.9 Å². The number of benzene rings is 1. The summed E-state index contributed by atoms with van der Waals surface area (Å²) in [7, 11) is 0. The number of carbonyl (C=O) groups excluding carboxylic acids is 2. The molecule has 0 aliphatic heterocycles. The van der Waals surface area contributed by atoms with Gasteiger partial charge in [0.05, 0.1) is 12.8 Å². The SMILES string of the molecule is CCOC(=O)c1cnc(NC(=O)c2cc(Cl)cc(Cl)c2)s1. The Balaban J connectivity index is 2.11. The van der Waals surface area contributed by atoms with Crippen LogP contribution in [0.15, 0.2) is 24.4 Å². The van der Waals surface area contributed by atoms with Gasteiger partial charge in [0.15, 0.2) is 5.13 Å². The molecule has 0 fully saturated rings. The Kier molecular flexibility index (Phi) is 5.17. The summed E-state index contributed by atoms with van der Waals surface area (Å²) >= 11 is 12.7. The highest BCUT2D eigenvalue weighted by Crippen LogP contribution is 2.22. The van der Waals surface area contributed by atoms with Gasteiger partial charge in [0.2, 0.25) is 0 Å². The van der Waals surface area contributed by atoms with E-state index in [0.717, 1.165) is 11.3 Å². The van der Waals surface area contributed by atoms with Crippen LogP contribution in [-0.2, 0) is 4.74 Å².